The quantitative estimate of drug-likeness (QED) is 0.643. The maximum atomic E-state index is 5.94. The second-order valence-corrected chi connectivity index (χ2v) is 4.22. The molecule has 0 aromatic carbocycles. The lowest BCUT2D eigenvalue weighted by atomic mass is 9.85. The Bertz CT molecular complexity index is 152. The van der Waals surface area contributed by atoms with E-state index in [1.54, 1.807) is 0 Å². The van der Waals surface area contributed by atoms with E-state index in [1.807, 2.05) is 0 Å². The minimum absolute atomic E-state index is 0.284. The van der Waals surface area contributed by atoms with Gasteiger partial charge >= 0.3 is 0 Å². The molecule has 0 unspecified atom stereocenters. The third-order valence-electron chi connectivity index (χ3n) is 3.38. The van der Waals surface area contributed by atoms with Crippen LogP contribution in [-0.2, 0) is 4.74 Å². The molecule has 1 atom stereocenters. The number of nitrogens with one attached hydrogen (secondary N) is 1. The van der Waals surface area contributed by atoms with Gasteiger partial charge in [-0.15, -0.1) is 0 Å². The van der Waals surface area contributed by atoms with Crippen LogP contribution in [0.15, 0.2) is 0 Å². The molecule has 2 heteroatoms. The predicted octanol–water partition coefficient (Wildman–Crippen LogP) is 1.56. The normalized spacial score (nSPS) is 34.2. The summed E-state index contributed by atoms with van der Waals surface area (Å²) >= 11 is 0. The van der Waals surface area contributed by atoms with Crippen molar-refractivity contribution in [2.75, 3.05) is 19.7 Å². The van der Waals surface area contributed by atoms with Gasteiger partial charge in [0.25, 0.3) is 0 Å². The first-order valence-electron chi connectivity index (χ1n) is 5.19. The molecule has 70 valence electrons. The Morgan fingerprint density at radius 1 is 1.42 bits per heavy atom. The van der Waals surface area contributed by atoms with Crippen molar-refractivity contribution >= 4 is 0 Å². The summed E-state index contributed by atoms with van der Waals surface area (Å²) in [6.45, 7) is 5.58. The van der Waals surface area contributed by atoms with Crippen molar-refractivity contribution in [3.8, 4) is 0 Å². The number of piperidine rings is 1. The van der Waals surface area contributed by atoms with Crippen molar-refractivity contribution in [3.05, 3.63) is 0 Å². The first-order valence-corrected chi connectivity index (χ1v) is 5.19. The second kappa shape index (κ2) is 3.35. The van der Waals surface area contributed by atoms with Crippen LogP contribution >= 0.6 is 0 Å². The lowest BCUT2D eigenvalue weighted by molar-refractivity contribution is -0.0197. The molecule has 2 rings (SSSR count). The SMILES string of the molecule is CC[C@@H]1COC2(CCNCC2)C1. The Balaban J connectivity index is 1.94. The fourth-order valence-electron chi connectivity index (χ4n) is 2.43. The fourth-order valence-corrected chi connectivity index (χ4v) is 2.43. The van der Waals surface area contributed by atoms with Crippen molar-refractivity contribution in [1.29, 1.82) is 0 Å². The first kappa shape index (κ1) is 8.52. The van der Waals surface area contributed by atoms with E-state index < -0.39 is 0 Å². The van der Waals surface area contributed by atoms with Gasteiger partial charge in [-0.1, -0.05) is 13.3 Å². The molecule has 0 radical (unpaired) electrons. The zero-order chi connectivity index (χ0) is 8.44. The average molecular weight is 169 g/mol. The highest BCUT2D eigenvalue weighted by Crippen LogP contribution is 2.37. The Morgan fingerprint density at radius 2 is 2.17 bits per heavy atom. The maximum Gasteiger partial charge on any atom is 0.0710 e. The standard InChI is InChI=1S/C10H19NO/c1-2-9-7-10(12-8-9)3-5-11-6-4-10/h9,11H,2-8H2,1H3/t9-/m0/s1. The van der Waals surface area contributed by atoms with E-state index in [4.69, 9.17) is 4.74 Å². The number of ether oxygens (including phenoxy) is 1. The van der Waals surface area contributed by atoms with Crippen LogP contribution in [0.5, 0.6) is 0 Å². The van der Waals surface area contributed by atoms with E-state index >= 15 is 0 Å². The van der Waals surface area contributed by atoms with Crippen LogP contribution in [0.1, 0.15) is 32.6 Å². The smallest absolute Gasteiger partial charge is 0.0710 e. The van der Waals surface area contributed by atoms with Crippen LogP contribution in [-0.4, -0.2) is 25.3 Å². The van der Waals surface area contributed by atoms with Crippen molar-refractivity contribution in [2.24, 2.45) is 5.92 Å². The molecule has 0 aromatic heterocycles. The van der Waals surface area contributed by atoms with Crippen LogP contribution in [0.3, 0.4) is 0 Å². The highest BCUT2D eigenvalue weighted by Gasteiger charge is 2.40. The lowest BCUT2D eigenvalue weighted by Crippen LogP contribution is -2.41. The molecule has 1 spiro atoms. The van der Waals surface area contributed by atoms with Crippen LogP contribution in [0.4, 0.5) is 0 Å². The molecule has 0 aromatic rings. The summed E-state index contributed by atoms with van der Waals surface area (Å²) in [4.78, 5) is 0. The minimum atomic E-state index is 0.284. The maximum absolute atomic E-state index is 5.94. The van der Waals surface area contributed by atoms with E-state index in [0.717, 1.165) is 25.6 Å². The van der Waals surface area contributed by atoms with Crippen molar-refractivity contribution in [1.82, 2.24) is 5.32 Å². The molecule has 2 aliphatic rings. The molecule has 2 heterocycles. The Kier molecular flexibility index (Phi) is 2.37. The molecule has 2 saturated heterocycles. The fraction of sp³-hybridized carbons (Fsp3) is 1.00. The third kappa shape index (κ3) is 1.50. The summed E-state index contributed by atoms with van der Waals surface area (Å²) in [6.07, 6.45) is 5.05. The van der Waals surface area contributed by atoms with Crippen LogP contribution in [0.2, 0.25) is 0 Å². The van der Waals surface area contributed by atoms with Crippen LogP contribution in [0.25, 0.3) is 0 Å². The van der Waals surface area contributed by atoms with Gasteiger partial charge in [0.2, 0.25) is 0 Å². The average Bonchev–Trinajstić information content (AvgIpc) is 2.50. The zero-order valence-electron chi connectivity index (χ0n) is 7.94. The van der Waals surface area contributed by atoms with Crippen LogP contribution < -0.4 is 5.32 Å². The summed E-state index contributed by atoms with van der Waals surface area (Å²) in [7, 11) is 0. The molecule has 2 nitrogen and oxygen atoms in total. The number of hydrogen-bond acceptors (Lipinski definition) is 2. The summed E-state index contributed by atoms with van der Waals surface area (Å²) < 4.78 is 5.94. The number of hydrogen-bond donors (Lipinski definition) is 1. The molecule has 0 aliphatic carbocycles. The Morgan fingerprint density at radius 3 is 2.75 bits per heavy atom. The highest BCUT2D eigenvalue weighted by atomic mass is 16.5. The van der Waals surface area contributed by atoms with Crippen molar-refractivity contribution in [2.45, 2.75) is 38.2 Å². The Hall–Kier alpha value is -0.0800. The van der Waals surface area contributed by atoms with Gasteiger partial charge in [-0.3, -0.25) is 0 Å². The largest absolute Gasteiger partial charge is 0.375 e. The van der Waals surface area contributed by atoms with Gasteiger partial charge < -0.3 is 10.1 Å². The van der Waals surface area contributed by atoms with Crippen molar-refractivity contribution in [3.63, 3.8) is 0 Å². The Labute approximate surface area is 74.7 Å². The molecule has 12 heavy (non-hydrogen) atoms. The monoisotopic (exact) mass is 169 g/mol. The topological polar surface area (TPSA) is 21.3 Å². The highest BCUT2D eigenvalue weighted by molar-refractivity contribution is 4.92. The molecule has 2 fully saturated rings. The van der Waals surface area contributed by atoms with E-state index in [9.17, 15) is 0 Å². The molecule has 2 aliphatic heterocycles. The van der Waals surface area contributed by atoms with E-state index in [1.165, 1.54) is 25.7 Å². The molecular weight excluding hydrogens is 150 g/mol. The minimum Gasteiger partial charge on any atom is -0.375 e. The summed E-state index contributed by atoms with van der Waals surface area (Å²) in [5.41, 5.74) is 0.284. The third-order valence-corrected chi connectivity index (χ3v) is 3.38. The zero-order valence-corrected chi connectivity index (χ0v) is 7.94. The van der Waals surface area contributed by atoms with Gasteiger partial charge in [-0.25, -0.2) is 0 Å². The van der Waals surface area contributed by atoms with Gasteiger partial charge in [0.15, 0.2) is 0 Å². The second-order valence-electron chi connectivity index (χ2n) is 4.22. The van der Waals surface area contributed by atoms with E-state index in [2.05, 4.69) is 12.2 Å². The summed E-state index contributed by atoms with van der Waals surface area (Å²) in [5, 5.41) is 3.39. The van der Waals surface area contributed by atoms with Gasteiger partial charge in [0.05, 0.1) is 12.2 Å². The first-order chi connectivity index (χ1) is 5.85. The molecule has 1 N–H and O–H groups in total. The molecule has 0 saturated carbocycles. The van der Waals surface area contributed by atoms with E-state index in [0.29, 0.717) is 0 Å². The van der Waals surface area contributed by atoms with Crippen molar-refractivity contribution < 1.29 is 4.74 Å². The van der Waals surface area contributed by atoms with Gasteiger partial charge in [0.1, 0.15) is 0 Å². The predicted molar refractivity (Wildman–Crippen MR) is 49.2 cm³/mol. The molecule has 0 amide bonds. The number of rotatable bonds is 1. The summed E-state index contributed by atoms with van der Waals surface area (Å²) in [5.74, 6) is 0.836. The lowest BCUT2D eigenvalue weighted by Gasteiger charge is -2.33. The van der Waals surface area contributed by atoms with Gasteiger partial charge in [-0.2, -0.15) is 0 Å². The molecular formula is C10H19NO. The molecule has 0 bridgehead atoms. The van der Waals surface area contributed by atoms with Gasteiger partial charge in [-0.05, 0) is 38.3 Å². The van der Waals surface area contributed by atoms with Gasteiger partial charge in [0, 0.05) is 0 Å². The van der Waals surface area contributed by atoms with Crippen LogP contribution in [0, 0.1) is 5.92 Å². The van der Waals surface area contributed by atoms with E-state index in [-0.39, 0.29) is 5.60 Å². The summed E-state index contributed by atoms with van der Waals surface area (Å²) in [6, 6.07) is 0.